The van der Waals surface area contributed by atoms with Crippen LogP contribution >= 0.6 is 0 Å². The average Bonchev–Trinajstić information content (AvgIpc) is 2.43. The molecule has 8 nitrogen and oxygen atoms in total. The summed E-state index contributed by atoms with van der Waals surface area (Å²) in [5.74, 6) is -3.26. The normalized spacial score (nSPS) is 18.8. The van der Waals surface area contributed by atoms with Gasteiger partial charge < -0.3 is 35.8 Å². The van der Waals surface area contributed by atoms with Crippen LogP contribution in [-0.2, 0) is 9.59 Å². The monoisotopic (exact) mass is 302 g/mol. The topological polar surface area (TPSA) is 120 Å². The van der Waals surface area contributed by atoms with E-state index in [9.17, 15) is 19.8 Å². The molecule has 0 spiro atoms. The molecule has 124 valence electrons. The Morgan fingerprint density at radius 1 is 0.810 bits per heavy atom. The second kappa shape index (κ2) is 12.5. The van der Waals surface area contributed by atoms with Crippen LogP contribution in [0.25, 0.3) is 0 Å². The molecular formula is C13H26N4O4-2. The van der Waals surface area contributed by atoms with Crippen LogP contribution in [0.15, 0.2) is 0 Å². The van der Waals surface area contributed by atoms with Gasteiger partial charge in [0.05, 0.1) is 18.0 Å². The smallest absolute Gasteiger partial charge is 0.0896 e. The van der Waals surface area contributed by atoms with Gasteiger partial charge in [-0.3, -0.25) is 4.90 Å². The highest BCUT2D eigenvalue weighted by atomic mass is 16.4. The summed E-state index contributed by atoms with van der Waals surface area (Å²) in [6.07, 6.45) is 0. The van der Waals surface area contributed by atoms with Crippen LogP contribution in [0, 0.1) is 0 Å². The SMILES string of the molecule is CC.O=C([O-])C(C(=O)[O-])N1CCNCCNCCNCC1. The maximum Gasteiger partial charge on any atom is 0.0896 e. The molecule has 0 aliphatic carbocycles. The molecule has 21 heavy (non-hydrogen) atoms. The lowest BCUT2D eigenvalue weighted by molar-refractivity contribution is -0.331. The molecule has 3 N–H and O–H groups in total. The van der Waals surface area contributed by atoms with Crippen LogP contribution in [0.5, 0.6) is 0 Å². The zero-order valence-corrected chi connectivity index (χ0v) is 12.8. The molecule has 1 aliphatic heterocycles. The predicted octanol–water partition coefficient (Wildman–Crippen LogP) is -4.03. The van der Waals surface area contributed by atoms with Crippen LogP contribution < -0.4 is 26.2 Å². The first kappa shape index (κ1) is 19.8. The summed E-state index contributed by atoms with van der Waals surface area (Å²) in [5, 5.41) is 31.2. The highest BCUT2D eigenvalue weighted by molar-refractivity contribution is 5.95. The molecule has 0 amide bonds. The third-order valence-electron chi connectivity index (χ3n) is 2.92. The van der Waals surface area contributed by atoms with Crippen LogP contribution in [0.2, 0.25) is 0 Å². The fraction of sp³-hybridized carbons (Fsp3) is 0.846. The largest absolute Gasteiger partial charge is 0.548 e. The molecule has 1 heterocycles. The van der Waals surface area contributed by atoms with Crippen LogP contribution in [0.1, 0.15) is 13.8 Å². The fourth-order valence-electron chi connectivity index (χ4n) is 1.94. The van der Waals surface area contributed by atoms with Gasteiger partial charge in [-0.15, -0.1) is 0 Å². The quantitative estimate of drug-likeness (QED) is 0.451. The van der Waals surface area contributed by atoms with Crippen LogP contribution in [0.4, 0.5) is 0 Å². The summed E-state index contributed by atoms with van der Waals surface area (Å²) in [6, 6.07) is -1.70. The van der Waals surface area contributed by atoms with Gasteiger partial charge in [0.15, 0.2) is 0 Å². The van der Waals surface area contributed by atoms with E-state index in [1.807, 2.05) is 13.8 Å². The van der Waals surface area contributed by atoms with Crippen molar-refractivity contribution >= 4 is 11.9 Å². The third-order valence-corrected chi connectivity index (χ3v) is 2.92. The van der Waals surface area contributed by atoms with E-state index in [1.165, 1.54) is 4.90 Å². The minimum Gasteiger partial charge on any atom is -0.548 e. The number of carbonyl (C=O) groups is 2. The molecule has 0 atom stereocenters. The molecule has 0 aromatic rings. The molecule has 0 bridgehead atoms. The van der Waals surface area contributed by atoms with E-state index in [-0.39, 0.29) is 0 Å². The summed E-state index contributed by atoms with van der Waals surface area (Å²) in [4.78, 5) is 23.1. The average molecular weight is 302 g/mol. The van der Waals surface area contributed by atoms with Crippen molar-refractivity contribution in [3.8, 4) is 0 Å². The van der Waals surface area contributed by atoms with Gasteiger partial charge in [-0.25, -0.2) is 0 Å². The number of rotatable bonds is 3. The number of carbonyl (C=O) groups excluding carboxylic acids is 2. The first-order valence-corrected chi connectivity index (χ1v) is 7.41. The van der Waals surface area contributed by atoms with E-state index in [0.29, 0.717) is 26.2 Å². The van der Waals surface area contributed by atoms with E-state index >= 15 is 0 Å². The Kier molecular flexibility index (Phi) is 11.8. The number of aliphatic carboxylic acids is 2. The second-order valence-corrected chi connectivity index (χ2v) is 4.33. The summed E-state index contributed by atoms with van der Waals surface area (Å²) in [7, 11) is 0. The minimum absolute atomic E-state index is 0.314. The Labute approximate surface area is 125 Å². The van der Waals surface area contributed by atoms with Crippen LogP contribution in [-0.4, -0.2) is 75.2 Å². The summed E-state index contributed by atoms with van der Waals surface area (Å²) in [6.45, 7) is 8.77. The Morgan fingerprint density at radius 3 is 1.48 bits per heavy atom. The van der Waals surface area contributed by atoms with E-state index in [4.69, 9.17) is 0 Å². The van der Waals surface area contributed by atoms with Gasteiger partial charge in [-0.05, 0) is 0 Å². The van der Waals surface area contributed by atoms with Crippen molar-refractivity contribution in [3.63, 3.8) is 0 Å². The Balaban J connectivity index is 0.00000191. The zero-order chi connectivity index (χ0) is 16.1. The highest BCUT2D eigenvalue weighted by Gasteiger charge is 2.20. The molecule has 8 heteroatoms. The molecule has 1 aliphatic rings. The highest BCUT2D eigenvalue weighted by Crippen LogP contribution is 1.97. The lowest BCUT2D eigenvalue weighted by Crippen LogP contribution is -2.59. The summed E-state index contributed by atoms with van der Waals surface area (Å²) >= 11 is 0. The fourth-order valence-corrected chi connectivity index (χ4v) is 1.94. The number of carboxylic acid groups (broad SMARTS) is 2. The zero-order valence-electron chi connectivity index (χ0n) is 12.8. The third kappa shape index (κ3) is 8.61. The summed E-state index contributed by atoms with van der Waals surface area (Å²) < 4.78 is 0. The molecule has 0 aromatic carbocycles. The van der Waals surface area contributed by atoms with Crippen molar-refractivity contribution in [3.05, 3.63) is 0 Å². The Bertz CT molecular complexity index is 276. The Hall–Kier alpha value is -1.22. The van der Waals surface area contributed by atoms with Gasteiger partial charge in [0.1, 0.15) is 0 Å². The number of hydrogen-bond donors (Lipinski definition) is 3. The minimum atomic E-state index is -1.70. The van der Waals surface area contributed by atoms with Gasteiger partial charge in [0, 0.05) is 52.4 Å². The summed E-state index contributed by atoms with van der Waals surface area (Å²) in [5.41, 5.74) is 0. The standard InChI is InChI=1S/C11H22N4O4.C2H6/c16-10(17)9(11(18)19)15-7-5-13-3-1-12-2-4-14-6-8-15;1-2/h9,12-14H,1-8H2,(H,16,17)(H,18,19);1-2H3/p-2. The van der Waals surface area contributed by atoms with Crippen molar-refractivity contribution in [1.29, 1.82) is 0 Å². The van der Waals surface area contributed by atoms with Gasteiger partial charge in [-0.2, -0.15) is 0 Å². The first-order chi connectivity index (χ1) is 10.1. The first-order valence-electron chi connectivity index (χ1n) is 7.41. The second-order valence-electron chi connectivity index (χ2n) is 4.33. The van der Waals surface area contributed by atoms with E-state index in [2.05, 4.69) is 16.0 Å². The van der Waals surface area contributed by atoms with Gasteiger partial charge >= 0.3 is 0 Å². The lowest BCUT2D eigenvalue weighted by atomic mass is 10.2. The molecular weight excluding hydrogens is 276 g/mol. The molecule has 0 aromatic heterocycles. The maximum atomic E-state index is 10.9. The van der Waals surface area contributed by atoms with Crippen molar-refractivity contribution in [2.45, 2.75) is 19.9 Å². The lowest BCUT2D eigenvalue weighted by Gasteiger charge is -2.33. The van der Waals surface area contributed by atoms with Gasteiger partial charge in [-0.1, -0.05) is 13.8 Å². The predicted molar refractivity (Wildman–Crippen MR) is 75.3 cm³/mol. The van der Waals surface area contributed by atoms with Gasteiger partial charge in [0.2, 0.25) is 0 Å². The number of hydrogen-bond acceptors (Lipinski definition) is 8. The molecule has 0 unspecified atom stereocenters. The maximum absolute atomic E-state index is 10.9. The molecule has 0 saturated carbocycles. The van der Waals surface area contributed by atoms with Crippen molar-refractivity contribution in [2.24, 2.45) is 0 Å². The van der Waals surface area contributed by atoms with E-state index in [0.717, 1.165) is 26.2 Å². The molecule has 1 rings (SSSR count). The molecule has 1 saturated heterocycles. The molecule has 0 radical (unpaired) electrons. The molecule has 1 fully saturated rings. The van der Waals surface area contributed by atoms with Crippen LogP contribution in [0.3, 0.4) is 0 Å². The van der Waals surface area contributed by atoms with Crippen molar-refractivity contribution < 1.29 is 19.8 Å². The Morgan fingerprint density at radius 2 is 1.14 bits per heavy atom. The number of nitrogens with zero attached hydrogens (tertiary/aromatic N) is 1. The van der Waals surface area contributed by atoms with Gasteiger partial charge in [0.25, 0.3) is 0 Å². The van der Waals surface area contributed by atoms with E-state index in [1.54, 1.807) is 0 Å². The van der Waals surface area contributed by atoms with E-state index < -0.39 is 18.0 Å². The number of carboxylic acids is 2. The van der Waals surface area contributed by atoms with Crippen molar-refractivity contribution in [2.75, 3.05) is 52.4 Å². The van der Waals surface area contributed by atoms with Crippen molar-refractivity contribution in [1.82, 2.24) is 20.9 Å². The number of nitrogens with one attached hydrogen (secondary N) is 3.